The summed E-state index contributed by atoms with van der Waals surface area (Å²) in [6.45, 7) is 2.89. The molecule has 0 saturated heterocycles. The molecule has 0 atom stereocenters. The van der Waals surface area contributed by atoms with Crippen LogP contribution in [0.1, 0.15) is 22.8 Å². The second kappa shape index (κ2) is 7.09. The van der Waals surface area contributed by atoms with E-state index in [1.807, 2.05) is 31.2 Å². The number of hydrogen-bond acceptors (Lipinski definition) is 2. The van der Waals surface area contributed by atoms with Gasteiger partial charge < -0.3 is 10.1 Å². The third-order valence-electron chi connectivity index (χ3n) is 2.86. The van der Waals surface area contributed by atoms with Crippen molar-refractivity contribution in [1.82, 2.24) is 5.32 Å². The SMILES string of the molecule is CCOc1ccc(CNC(=O)c2ccc(F)cc2Cl)cc1. The summed E-state index contributed by atoms with van der Waals surface area (Å²) >= 11 is 5.84. The molecule has 2 aromatic carbocycles. The lowest BCUT2D eigenvalue weighted by atomic mass is 10.2. The first-order valence-electron chi connectivity index (χ1n) is 6.55. The van der Waals surface area contributed by atoms with Crippen molar-refractivity contribution in [2.75, 3.05) is 6.61 Å². The normalized spacial score (nSPS) is 10.2. The smallest absolute Gasteiger partial charge is 0.253 e. The predicted octanol–water partition coefficient (Wildman–Crippen LogP) is 3.81. The summed E-state index contributed by atoms with van der Waals surface area (Å²) < 4.78 is 18.3. The number of amides is 1. The number of carbonyl (C=O) groups excluding carboxylic acids is 1. The third kappa shape index (κ3) is 4.20. The Labute approximate surface area is 127 Å². The molecule has 21 heavy (non-hydrogen) atoms. The number of carbonyl (C=O) groups is 1. The number of nitrogens with one attached hydrogen (secondary N) is 1. The van der Waals surface area contributed by atoms with Crippen LogP contribution in [0.15, 0.2) is 42.5 Å². The molecule has 0 bridgehead atoms. The first-order chi connectivity index (χ1) is 10.1. The molecule has 1 N–H and O–H groups in total. The van der Waals surface area contributed by atoms with Crippen molar-refractivity contribution in [1.29, 1.82) is 0 Å². The summed E-state index contributed by atoms with van der Waals surface area (Å²) in [5.74, 6) is -0.0221. The van der Waals surface area contributed by atoms with Gasteiger partial charge >= 0.3 is 0 Å². The second-order valence-electron chi connectivity index (χ2n) is 4.38. The van der Waals surface area contributed by atoms with Gasteiger partial charge in [0.1, 0.15) is 11.6 Å². The van der Waals surface area contributed by atoms with Crippen LogP contribution in [0.5, 0.6) is 5.75 Å². The molecule has 0 aliphatic heterocycles. The first-order valence-corrected chi connectivity index (χ1v) is 6.93. The van der Waals surface area contributed by atoms with Gasteiger partial charge in [-0.15, -0.1) is 0 Å². The molecule has 0 fully saturated rings. The van der Waals surface area contributed by atoms with Crippen molar-refractivity contribution >= 4 is 17.5 Å². The summed E-state index contributed by atoms with van der Waals surface area (Å²) in [4.78, 5) is 12.0. The fourth-order valence-corrected chi connectivity index (χ4v) is 2.07. The zero-order valence-electron chi connectivity index (χ0n) is 11.5. The minimum atomic E-state index is -0.469. The predicted molar refractivity (Wildman–Crippen MR) is 80.2 cm³/mol. The van der Waals surface area contributed by atoms with Gasteiger partial charge in [-0.1, -0.05) is 23.7 Å². The van der Waals surface area contributed by atoms with Gasteiger partial charge in [-0.05, 0) is 42.8 Å². The van der Waals surface area contributed by atoms with E-state index in [0.717, 1.165) is 17.4 Å². The van der Waals surface area contributed by atoms with Crippen LogP contribution in [0.25, 0.3) is 0 Å². The van der Waals surface area contributed by atoms with E-state index < -0.39 is 5.82 Å². The highest BCUT2D eigenvalue weighted by molar-refractivity contribution is 6.33. The molecule has 0 aliphatic rings. The van der Waals surface area contributed by atoms with E-state index in [0.29, 0.717) is 13.2 Å². The van der Waals surface area contributed by atoms with E-state index in [4.69, 9.17) is 16.3 Å². The molecule has 2 aromatic rings. The Balaban J connectivity index is 1.97. The molecule has 1 amide bonds. The van der Waals surface area contributed by atoms with Crippen molar-refractivity contribution in [3.05, 3.63) is 64.4 Å². The second-order valence-corrected chi connectivity index (χ2v) is 4.79. The molecule has 3 nitrogen and oxygen atoms in total. The fraction of sp³-hybridized carbons (Fsp3) is 0.188. The monoisotopic (exact) mass is 307 g/mol. The Hall–Kier alpha value is -2.07. The first kappa shape index (κ1) is 15.3. The Morgan fingerprint density at radius 2 is 1.95 bits per heavy atom. The van der Waals surface area contributed by atoms with Crippen molar-refractivity contribution in [3.8, 4) is 5.75 Å². The standard InChI is InChI=1S/C16H15ClFNO2/c1-2-21-13-6-3-11(4-7-13)10-19-16(20)14-8-5-12(18)9-15(14)17/h3-9H,2,10H2,1H3,(H,19,20). The van der Waals surface area contributed by atoms with Gasteiger partial charge in [0.05, 0.1) is 17.2 Å². The molecule has 110 valence electrons. The van der Waals surface area contributed by atoms with E-state index >= 15 is 0 Å². The molecule has 2 rings (SSSR count). The van der Waals surface area contributed by atoms with Crippen molar-refractivity contribution < 1.29 is 13.9 Å². The van der Waals surface area contributed by atoms with Crippen molar-refractivity contribution in [3.63, 3.8) is 0 Å². The number of halogens is 2. The molecular weight excluding hydrogens is 293 g/mol. The van der Waals surface area contributed by atoms with E-state index in [1.165, 1.54) is 12.1 Å². The van der Waals surface area contributed by atoms with Gasteiger partial charge in [-0.2, -0.15) is 0 Å². The van der Waals surface area contributed by atoms with Gasteiger partial charge in [0.2, 0.25) is 0 Å². The lowest BCUT2D eigenvalue weighted by Crippen LogP contribution is -2.23. The summed E-state index contributed by atoms with van der Waals surface area (Å²) in [5.41, 5.74) is 1.19. The van der Waals surface area contributed by atoms with Crippen LogP contribution in [0.2, 0.25) is 5.02 Å². The van der Waals surface area contributed by atoms with Crippen molar-refractivity contribution in [2.24, 2.45) is 0 Å². The lowest BCUT2D eigenvalue weighted by Gasteiger charge is -2.08. The maximum absolute atomic E-state index is 12.9. The third-order valence-corrected chi connectivity index (χ3v) is 3.18. The molecular formula is C16H15ClFNO2. The van der Waals surface area contributed by atoms with Crippen LogP contribution in [-0.4, -0.2) is 12.5 Å². The molecule has 5 heteroatoms. The minimum Gasteiger partial charge on any atom is -0.494 e. The summed E-state index contributed by atoms with van der Waals surface area (Å²) in [5, 5.41) is 2.84. The average molecular weight is 308 g/mol. The highest BCUT2D eigenvalue weighted by Crippen LogP contribution is 2.17. The molecule has 0 unspecified atom stereocenters. The quantitative estimate of drug-likeness (QED) is 0.912. The highest BCUT2D eigenvalue weighted by Gasteiger charge is 2.10. The average Bonchev–Trinajstić information content (AvgIpc) is 2.46. The number of ether oxygens (including phenoxy) is 1. The molecule has 0 saturated carbocycles. The lowest BCUT2D eigenvalue weighted by molar-refractivity contribution is 0.0951. The largest absolute Gasteiger partial charge is 0.494 e. The van der Waals surface area contributed by atoms with E-state index in [1.54, 1.807) is 0 Å². The Morgan fingerprint density at radius 1 is 1.24 bits per heavy atom. The van der Waals surface area contributed by atoms with Gasteiger partial charge in [-0.25, -0.2) is 4.39 Å². The Morgan fingerprint density at radius 3 is 2.57 bits per heavy atom. The molecule has 0 heterocycles. The van der Waals surface area contributed by atoms with E-state index in [9.17, 15) is 9.18 Å². The fourth-order valence-electron chi connectivity index (χ4n) is 1.82. The summed E-state index contributed by atoms with van der Waals surface area (Å²) in [7, 11) is 0. The number of rotatable bonds is 5. The van der Waals surface area contributed by atoms with Crippen LogP contribution in [0, 0.1) is 5.82 Å². The molecule has 0 aliphatic carbocycles. The topological polar surface area (TPSA) is 38.3 Å². The molecule has 0 radical (unpaired) electrons. The zero-order chi connectivity index (χ0) is 15.2. The van der Waals surface area contributed by atoms with Crippen molar-refractivity contribution in [2.45, 2.75) is 13.5 Å². The van der Waals surface area contributed by atoms with Gasteiger partial charge in [0.25, 0.3) is 5.91 Å². The maximum Gasteiger partial charge on any atom is 0.253 e. The Kier molecular flexibility index (Phi) is 5.17. The highest BCUT2D eigenvalue weighted by atomic mass is 35.5. The molecule has 0 spiro atoms. The van der Waals surface area contributed by atoms with E-state index in [2.05, 4.69) is 5.32 Å². The zero-order valence-corrected chi connectivity index (χ0v) is 12.3. The summed E-state index contributed by atoms with van der Waals surface area (Å²) in [6.07, 6.45) is 0. The van der Waals surface area contributed by atoms with Gasteiger partial charge in [-0.3, -0.25) is 4.79 Å². The van der Waals surface area contributed by atoms with Crippen LogP contribution in [0.4, 0.5) is 4.39 Å². The summed E-state index contributed by atoms with van der Waals surface area (Å²) in [6, 6.07) is 11.1. The van der Waals surface area contributed by atoms with E-state index in [-0.39, 0.29) is 16.5 Å². The number of benzene rings is 2. The van der Waals surface area contributed by atoms with Gasteiger partial charge in [0, 0.05) is 6.54 Å². The van der Waals surface area contributed by atoms with Gasteiger partial charge in [0.15, 0.2) is 0 Å². The Bertz CT molecular complexity index is 629. The maximum atomic E-state index is 12.9. The van der Waals surface area contributed by atoms with Crippen LogP contribution >= 0.6 is 11.6 Å². The molecule has 0 aromatic heterocycles. The minimum absolute atomic E-state index is 0.0965. The van der Waals surface area contributed by atoms with Crippen LogP contribution in [-0.2, 0) is 6.54 Å². The number of hydrogen-bond donors (Lipinski definition) is 1. The van der Waals surface area contributed by atoms with Crippen LogP contribution < -0.4 is 10.1 Å². The van der Waals surface area contributed by atoms with Crippen LogP contribution in [0.3, 0.4) is 0 Å².